The second-order valence-electron chi connectivity index (χ2n) is 3.83. The number of hydrogen-bond acceptors (Lipinski definition) is 5. The van der Waals surface area contributed by atoms with E-state index in [4.69, 9.17) is 11.6 Å². The molecule has 0 radical (unpaired) electrons. The zero-order valence-corrected chi connectivity index (χ0v) is 13.0. The molecule has 0 spiro atoms. The van der Waals surface area contributed by atoms with E-state index in [2.05, 4.69) is 11.3 Å². The molecule has 0 fully saturated rings. The number of esters is 1. The van der Waals surface area contributed by atoms with E-state index in [9.17, 15) is 17.4 Å². The van der Waals surface area contributed by atoms with Gasteiger partial charge in [0.1, 0.15) is 12.1 Å². The van der Waals surface area contributed by atoms with Gasteiger partial charge < -0.3 is 4.74 Å². The Balaban J connectivity index is 3.08. The Kier molecular flexibility index (Phi) is 5.46. The third kappa shape index (κ3) is 3.45. The molecular weight excluding hydrogens is 326 g/mol. The summed E-state index contributed by atoms with van der Waals surface area (Å²) in [6, 6.07) is 7.92. The van der Waals surface area contributed by atoms with Crippen molar-refractivity contribution in [2.24, 2.45) is 0 Å². The molecule has 0 saturated carbocycles. The number of ether oxygens (including phenoxy) is 1. The molecule has 1 aromatic carbocycles. The molecule has 0 saturated heterocycles. The van der Waals surface area contributed by atoms with Crippen molar-refractivity contribution < 1.29 is 22.2 Å². The fraction of sp³-hybridized carbons (Fsp3) is 0.182. The number of carbonyl (C=O) groups excluding carboxylic acids is 1. The summed E-state index contributed by atoms with van der Waals surface area (Å²) in [6.07, 6.45) is 0. The van der Waals surface area contributed by atoms with Crippen molar-refractivity contribution in [1.29, 1.82) is 0 Å². The molecule has 0 aliphatic rings. The Hall–Kier alpha value is -1.22. The van der Waals surface area contributed by atoms with Gasteiger partial charge in [0.15, 0.2) is 5.69 Å². The predicted octanol–water partition coefficient (Wildman–Crippen LogP) is 1.07. The normalized spacial score (nSPS) is 14.3. The van der Waals surface area contributed by atoms with Crippen molar-refractivity contribution in [3.63, 3.8) is 0 Å². The van der Waals surface area contributed by atoms with Gasteiger partial charge >= 0.3 is 16.0 Å². The smallest absolute Gasteiger partial charge is 0.350 e. The van der Waals surface area contributed by atoms with Gasteiger partial charge in [-0.3, -0.25) is 0 Å². The van der Waals surface area contributed by atoms with E-state index in [-0.39, 0.29) is 5.69 Å². The van der Waals surface area contributed by atoms with Crippen LogP contribution in [0.4, 0.5) is 5.69 Å². The van der Waals surface area contributed by atoms with E-state index in [1.54, 1.807) is 18.2 Å². The first-order chi connectivity index (χ1) is 9.24. The molecule has 1 aromatic rings. The molecule has 0 heterocycles. The van der Waals surface area contributed by atoms with Gasteiger partial charge in [0, 0.05) is 12.1 Å². The minimum atomic E-state index is -4.08. The fourth-order valence-electron chi connectivity index (χ4n) is 1.27. The summed E-state index contributed by atoms with van der Waals surface area (Å²) in [6.45, 7) is 3.12. The standard InChI is InChI=1S/C11H13ClNO5S2/c1-9(12)11(14)18-8-20(16,17)13(2,19-15)10-6-4-3-5-7-10/h3-7,19H,1,8H2,2H3/q+1/t13-/m1/s1. The van der Waals surface area contributed by atoms with E-state index in [0.717, 1.165) is 0 Å². The number of hydrogen-bond donors (Lipinski definition) is 1. The third-order valence-electron chi connectivity index (χ3n) is 2.49. The number of rotatable bonds is 6. The van der Waals surface area contributed by atoms with Gasteiger partial charge in [-0.15, -0.1) is 3.29 Å². The molecule has 1 rings (SSSR count). The van der Waals surface area contributed by atoms with Gasteiger partial charge in [-0.05, 0) is 0 Å². The SMILES string of the molecule is C=C(Cl)C(=O)OCS(=O)(=O)[N@@+](C)([SH]=O)c1ccccc1. The van der Waals surface area contributed by atoms with Gasteiger partial charge in [-0.2, -0.15) is 12.6 Å². The highest BCUT2D eigenvalue weighted by atomic mass is 35.5. The quantitative estimate of drug-likeness (QED) is 0.363. The molecule has 0 aliphatic carbocycles. The lowest BCUT2D eigenvalue weighted by Crippen LogP contribution is -2.48. The fourth-order valence-corrected chi connectivity index (χ4v) is 3.01. The summed E-state index contributed by atoms with van der Waals surface area (Å²) in [5, 5.41) is -0.436. The lowest BCUT2D eigenvalue weighted by Gasteiger charge is -2.24. The molecule has 110 valence electrons. The Morgan fingerprint density at radius 2 is 1.95 bits per heavy atom. The van der Waals surface area contributed by atoms with Gasteiger partial charge in [0.05, 0.1) is 0 Å². The third-order valence-corrected chi connectivity index (χ3v) is 5.85. The Morgan fingerprint density at radius 3 is 2.40 bits per heavy atom. The van der Waals surface area contributed by atoms with Gasteiger partial charge in [0.2, 0.25) is 17.8 Å². The molecule has 0 aliphatic heterocycles. The first-order valence-electron chi connectivity index (χ1n) is 5.26. The number of sulfonamides is 1. The van der Waals surface area contributed by atoms with Crippen LogP contribution in [-0.4, -0.2) is 31.6 Å². The number of benzene rings is 1. The zero-order chi connectivity index (χ0) is 15.4. The number of carbonyl (C=O) groups is 1. The molecule has 0 bridgehead atoms. The van der Waals surface area contributed by atoms with Gasteiger partial charge in [-0.1, -0.05) is 36.4 Å². The molecule has 0 amide bonds. The maximum atomic E-state index is 12.2. The summed E-state index contributed by atoms with van der Waals surface area (Å²) in [7, 11) is -2.86. The maximum Gasteiger partial charge on any atom is 0.350 e. The van der Waals surface area contributed by atoms with Crippen LogP contribution in [0.3, 0.4) is 0 Å². The van der Waals surface area contributed by atoms with E-state index in [1.807, 2.05) is 0 Å². The molecule has 0 aromatic heterocycles. The average molecular weight is 339 g/mol. The minimum absolute atomic E-state index is 0.268. The van der Waals surface area contributed by atoms with E-state index in [1.165, 1.54) is 19.2 Å². The molecule has 20 heavy (non-hydrogen) atoms. The minimum Gasteiger partial charge on any atom is -0.439 e. The zero-order valence-electron chi connectivity index (χ0n) is 10.5. The van der Waals surface area contributed by atoms with Crippen LogP contribution in [0.1, 0.15) is 0 Å². The molecule has 1 atom stereocenters. The molecule has 0 N–H and O–H groups in total. The Labute approximate surface area is 125 Å². The first kappa shape index (κ1) is 16.8. The number of halogens is 1. The van der Waals surface area contributed by atoms with Crippen molar-refractivity contribution >= 4 is 45.1 Å². The highest BCUT2D eigenvalue weighted by Crippen LogP contribution is 2.25. The lowest BCUT2D eigenvalue weighted by molar-refractivity contribution is -0.136. The first-order valence-corrected chi connectivity index (χ1v) is 8.01. The van der Waals surface area contributed by atoms with Crippen LogP contribution in [0.25, 0.3) is 0 Å². The largest absolute Gasteiger partial charge is 0.439 e. The highest BCUT2D eigenvalue weighted by molar-refractivity contribution is 7.98. The van der Waals surface area contributed by atoms with Crippen LogP contribution in [0.15, 0.2) is 41.9 Å². The maximum absolute atomic E-state index is 12.2. The predicted molar refractivity (Wildman–Crippen MR) is 78.6 cm³/mol. The van der Waals surface area contributed by atoms with Gasteiger partial charge in [-0.25, -0.2) is 4.79 Å². The van der Waals surface area contributed by atoms with E-state index >= 15 is 0 Å². The number of nitrogens with zero attached hydrogens (tertiary/aromatic N) is 1. The molecule has 6 nitrogen and oxygen atoms in total. The second kappa shape index (κ2) is 6.49. The summed E-state index contributed by atoms with van der Waals surface area (Å²) in [4.78, 5) is 11.1. The van der Waals surface area contributed by atoms with Crippen LogP contribution in [0.2, 0.25) is 0 Å². The van der Waals surface area contributed by atoms with Gasteiger partial charge in [0.25, 0.3) is 0 Å². The van der Waals surface area contributed by atoms with Crippen molar-refractivity contribution in [3.05, 3.63) is 41.9 Å². The second-order valence-corrected chi connectivity index (χ2v) is 7.65. The topological polar surface area (TPSA) is 77.5 Å². The van der Waals surface area contributed by atoms with Crippen LogP contribution in [-0.2, 0) is 31.4 Å². The number of quaternary nitrogens is 1. The monoisotopic (exact) mass is 338 g/mol. The Morgan fingerprint density at radius 1 is 1.40 bits per heavy atom. The van der Waals surface area contributed by atoms with Crippen LogP contribution >= 0.6 is 11.6 Å². The molecule has 9 heteroatoms. The lowest BCUT2D eigenvalue weighted by atomic mass is 10.3. The Bertz CT molecular complexity index is 631. The van der Waals surface area contributed by atoms with E-state index < -0.39 is 42.1 Å². The highest BCUT2D eigenvalue weighted by Gasteiger charge is 2.41. The van der Waals surface area contributed by atoms with Crippen molar-refractivity contribution in [1.82, 2.24) is 3.29 Å². The number of para-hydroxylation sites is 1. The van der Waals surface area contributed by atoms with E-state index in [0.29, 0.717) is 0 Å². The summed E-state index contributed by atoms with van der Waals surface area (Å²) < 4.78 is 39.4. The van der Waals surface area contributed by atoms with Crippen LogP contribution < -0.4 is 3.29 Å². The summed E-state index contributed by atoms with van der Waals surface area (Å²) in [5.41, 5.74) is 0.268. The summed E-state index contributed by atoms with van der Waals surface area (Å²) >= 11 is 4.60. The van der Waals surface area contributed by atoms with Crippen molar-refractivity contribution in [3.8, 4) is 0 Å². The summed E-state index contributed by atoms with van der Waals surface area (Å²) in [5.74, 6) is -2.00. The number of thiol groups is 1. The van der Waals surface area contributed by atoms with Crippen molar-refractivity contribution in [2.45, 2.75) is 0 Å². The average Bonchev–Trinajstić information content (AvgIpc) is 2.44. The van der Waals surface area contributed by atoms with Crippen molar-refractivity contribution in [2.75, 3.05) is 13.0 Å². The molecule has 0 unspecified atom stereocenters. The van der Waals surface area contributed by atoms with Crippen LogP contribution in [0, 0.1) is 0 Å². The van der Waals surface area contributed by atoms with Crippen LogP contribution in [0.5, 0.6) is 0 Å². The molecular formula is C11H13ClNO5S2+.